The largest absolute Gasteiger partial charge is 0.319 e. The van der Waals surface area contributed by atoms with Crippen molar-refractivity contribution in [2.75, 3.05) is 39.8 Å². The average Bonchev–Trinajstić information content (AvgIpc) is 2.91. The molecule has 0 saturated carbocycles. The van der Waals surface area contributed by atoms with Crippen LogP contribution in [0, 0.1) is 5.92 Å². The molecule has 0 aliphatic carbocycles. The van der Waals surface area contributed by atoms with Crippen molar-refractivity contribution in [3.05, 3.63) is 0 Å². The molecule has 1 N–H and O–H groups in total. The fraction of sp³-hybridized carbons (Fsp3) is 1.00. The van der Waals surface area contributed by atoms with Crippen LogP contribution in [0.4, 0.5) is 0 Å². The number of likely N-dealkylation sites (tertiary alicyclic amines) is 1. The molecule has 0 bridgehead atoms. The number of hydrogen-bond donors (Lipinski definition) is 1. The van der Waals surface area contributed by atoms with Crippen molar-refractivity contribution in [2.45, 2.75) is 44.2 Å². The van der Waals surface area contributed by atoms with E-state index in [9.17, 15) is 0 Å². The van der Waals surface area contributed by atoms with Crippen LogP contribution < -0.4 is 5.32 Å². The molecule has 0 aromatic carbocycles. The first-order chi connectivity index (χ1) is 8.38. The Morgan fingerprint density at radius 3 is 2.59 bits per heavy atom. The maximum Gasteiger partial charge on any atom is 0.0263 e. The summed E-state index contributed by atoms with van der Waals surface area (Å²) in [7, 11) is 2.09. The fourth-order valence-corrected chi connectivity index (χ4v) is 4.34. The molecule has 0 aromatic rings. The molecule has 3 nitrogen and oxygen atoms in total. The van der Waals surface area contributed by atoms with E-state index in [-0.39, 0.29) is 0 Å². The Morgan fingerprint density at radius 2 is 1.71 bits per heavy atom. The highest BCUT2D eigenvalue weighted by Gasteiger charge is 2.40. The zero-order valence-corrected chi connectivity index (χ0v) is 11.2. The highest BCUT2D eigenvalue weighted by molar-refractivity contribution is 4.97. The third-order valence-electron chi connectivity index (χ3n) is 5.08. The lowest BCUT2D eigenvalue weighted by atomic mass is 9.94. The monoisotopic (exact) mass is 237 g/mol. The minimum atomic E-state index is 0.886. The number of rotatable bonds is 3. The molecule has 3 heterocycles. The minimum absolute atomic E-state index is 0.886. The van der Waals surface area contributed by atoms with Crippen molar-refractivity contribution in [2.24, 2.45) is 5.92 Å². The Hall–Kier alpha value is -0.120. The number of piperidine rings is 1. The predicted molar refractivity (Wildman–Crippen MR) is 71.2 cm³/mol. The predicted octanol–water partition coefficient (Wildman–Crippen LogP) is 1.15. The van der Waals surface area contributed by atoms with E-state index in [1.54, 1.807) is 0 Å². The molecule has 3 unspecified atom stereocenters. The Morgan fingerprint density at radius 1 is 0.941 bits per heavy atom. The lowest BCUT2D eigenvalue weighted by molar-refractivity contribution is 0.103. The first-order valence-corrected chi connectivity index (χ1v) is 7.51. The van der Waals surface area contributed by atoms with Crippen molar-refractivity contribution >= 4 is 0 Å². The van der Waals surface area contributed by atoms with Crippen LogP contribution in [0.25, 0.3) is 0 Å². The molecule has 3 saturated heterocycles. The number of nitrogens with one attached hydrogen (secondary N) is 1. The number of hydrogen-bond acceptors (Lipinski definition) is 3. The van der Waals surface area contributed by atoms with Crippen LogP contribution in [-0.2, 0) is 0 Å². The topological polar surface area (TPSA) is 18.5 Å². The Bertz CT molecular complexity index is 254. The summed E-state index contributed by atoms with van der Waals surface area (Å²) in [5, 5.41) is 3.36. The standard InChI is InChI=1S/C14H27N3/c1-15-10-12-4-2-8-17(11-12)14-6-9-16-7-3-5-13(14)16/h12-15H,2-11H2,1H3. The first-order valence-electron chi connectivity index (χ1n) is 7.51. The molecule has 0 radical (unpaired) electrons. The van der Waals surface area contributed by atoms with Crippen LogP contribution in [-0.4, -0.2) is 61.7 Å². The molecule has 17 heavy (non-hydrogen) atoms. The third-order valence-corrected chi connectivity index (χ3v) is 5.08. The molecule has 3 atom stereocenters. The summed E-state index contributed by atoms with van der Waals surface area (Å²) in [5.74, 6) is 0.893. The van der Waals surface area contributed by atoms with Gasteiger partial charge in [0.1, 0.15) is 0 Å². The second-order valence-corrected chi connectivity index (χ2v) is 6.16. The van der Waals surface area contributed by atoms with Gasteiger partial charge in [0.15, 0.2) is 0 Å². The van der Waals surface area contributed by atoms with E-state index in [0.717, 1.165) is 18.0 Å². The third kappa shape index (κ3) is 2.38. The maximum absolute atomic E-state index is 3.36. The second-order valence-electron chi connectivity index (χ2n) is 6.16. The van der Waals surface area contributed by atoms with Crippen molar-refractivity contribution in [3.8, 4) is 0 Å². The van der Waals surface area contributed by atoms with E-state index in [4.69, 9.17) is 0 Å². The Kier molecular flexibility index (Phi) is 3.69. The van der Waals surface area contributed by atoms with E-state index in [0.29, 0.717) is 0 Å². The van der Waals surface area contributed by atoms with Crippen LogP contribution in [0.1, 0.15) is 32.1 Å². The molecule has 3 fully saturated rings. The summed E-state index contributed by atoms with van der Waals surface area (Å²) in [6, 6.07) is 1.79. The highest BCUT2D eigenvalue weighted by Crippen LogP contribution is 2.33. The van der Waals surface area contributed by atoms with Gasteiger partial charge in [0, 0.05) is 25.2 Å². The summed E-state index contributed by atoms with van der Waals surface area (Å²) in [6.07, 6.45) is 7.16. The quantitative estimate of drug-likeness (QED) is 0.794. The molecule has 0 amide bonds. The molecular weight excluding hydrogens is 210 g/mol. The lowest BCUT2D eigenvalue weighted by Crippen LogP contribution is -2.48. The van der Waals surface area contributed by atoms with Crippen molar-refractivity contribution < 1.29 is 0 Å². The normalized spacial score (nSPS) is 39.7. The van der Waals surface area contributed by atoms with Crippen LogP contribution in [0.3, 0.4) is 0 Å². The SMILES string of the molecule is CNCC1CCCN(C2CCN3CCCC23)C1. The molecule has 98 valence electrons. The van der Waals surface area contributed by atoms with Crippen LogP contribution in [0.2, 0.25) is 0 Å². The van der Waals surface area contributed by atoms with Gasteiger partial charge in [-0.15, -0.1) is 0 Å². The van der Waals surface area contributed by atoms with Crippen LogP contribution >= 0.6 is 0 Å². The summed E-state index contributed by atoms with van der Waals surface area (Å²) in [5.41, 5.74) is 0. The fourth-order valence-electron chi connectivity index (χ4n) is 4.34. The van der Waals surface area contributed by atoms with Gasteiger partial charge in [0.05, 0.1) is 0 Å². The van der Waals surface area contributed by atoms with Gasteiger partial charge in [0.25, 0.3) is 0 Å². The number of fused-ring (bicyclic) bond motifs is 1. The van der Waals surface area contributed by atoms with Gasteiger partial charge in [-0.2, -0.15) is 0 Å². The summed E-state index contributed by atoms with van der Waals surface area (Å²) < 4.78 is 0. The van der Waals surface area contributed by atoms with Crippen LogP contribution in [0.5, 0.6) is 0 Å². The zero-order valence-electron chi connectivity index (χ0n) is 11.2. The Balaban J connectivity index is 1.60. The van der Waals surface area contributed by atoms with Crippen molar-refractivity contribution in [1.29, 1.82) is 0 Å². The van der Waals surface area contributed by atoms with E-state index < -0.39 is 0 Å². The first kappa shape index (κ1) is 11.9. The summed E-state index contributed by atoms with van der Waals surface area (Å²) in [6.45, 7) is 6.64. The molecule has 0 aromatic heterocycles. The molecule has 3 heteroatoms. The van der Waals surface area contributed by atoms with Crippen molar-refractivity contribution in [3.63, 3.8) is 0 Å². The van der Waals surface area contributed by atoms with E-state index in [1.165, 1.54) is 64.8 Å². The van der Waals surface area contributed by atoms with E-state index in [2.05, 4.69) is 22.2 Å². The van der Waals surface area contributed by atoms with Gasteiger partial charge in [-0.25, -0.2) is 0 Å². The Labute approximate surface area is 106 Å². The summed E-state index contributed by atoms with van der Waals surface area (Å²) >= 11 is 0. The van der Waals surface area contributed by atoms with Gasteiger partial charge in [-0.3, -0.25) is 9.80 Å². The van der Waals surface area contributed by atoms with Crippen molar-refractivity contribution in [1.82, 2.24) is 15.1 Å². The van der Waals surface area contributed by atoms with E-state index in [1.807, 2.05) is 0 Å². The lowest BCUT2D eigenvalue weighted by Gasteiger charge is -2.39. The molecule has 3 rings (SSSR count). The molecule has 0 spiro atoms. The molecule has 3 aliphatic rings. The van der Waals surface area contributed by atoms with Gasteiger partial charge in [-0.1, -0.05) is 0 Å². The molecular formula is C14H27N3. The van der Waals surface area contributed by atoms with Gasteiger partial charge in [-0.05, 0) is 64.7 Å². The van der Waals surface area contributed by atoms with Crippen LogP contribution in [0.15, 0.2) is 0 Å². The summed E-state index contributed by atoms with van der Waals surface area (Å²) in [4.78, 5) is 5.56. The zero-order chi connectivity index (χ0) is 11.7. The van der Waals surface area contributed by atoms with Gasteiger partial charge < -0.3 is 5.32 Å². The average molecular weight is 237 g/mol. The van der Waals surface area contributed by atoms with Gasteiger partial charge in [0.2, 0.25) is 0 Å². The smallest absolute Gasteiger partial charge is 0.0263 e. The number of nitrogens with zero attached hydrogens (tertiary/aromatic N) is 2. The second kappa shape index (κ2) is 5.25. The van der Waals surface area contributed by atoms with E-state index >= 15 is 0 Å². The highest BCUT2D eigenvalue weighted by atomic mass is 15.3. The minimum Gasteiger partial charge on any atom is -0.319 e. The maximum atomic E-state index is 3.36. The van der Waals surface area contributed by atoms with Gasteiger partial charge >= 0.3 is 0 Å². The molecule has 3 aliphatic heterocycles.